The van der Waals surface area contributed by atoms with Crippen LogP contribution in [-0.4, -0.2) is 47.0 Å². The van der Waals surface area contributed by atoms with Gasteiger partial charge in [-0.05, 0) is 44.1 Å². The van der Waals surface area contributed by atoms with Crippen molar-refractivity contribution in [3.63, 3.8) is 0 Å². The van der Waals surface area contributed by atoms with Gasteiger partial charge in [-0.1, -0.05) is 74.1 Å². The average molecular weight is 449 g/mol. The van der Waals surface area contributed by atoms with Crippen molar-refractivity contribution in [2.24, 2.45) is 11.8 Å². The first kappa shape index (κ1) is 21.4. The zero-order chi connectivity index (χ0) is 22.6. The molecule has 1 spiro atoms. The van der Waals surface area contributed by atoms with Crippen LogP contribution in [-0.2, 0) is 14.3 Å². The van der Waals surface area contributed by atoms with Gasteiger partial charge in [-0.2, -0.15) is 0 Å². The highest BCUT2D eigenvalue weighted by atomic mass is 16.5. The number of amides is 2. The third kappa shape index (κ3) is 3.46. The van der Waals surface area contributed by atoms with Gasteiger partial charge in [0, 0.05) is 18.5 Å². The number of benzene rings is 1. The number of nitrogens with zero attached hydrogens (tertiary/aromatic N) is 1. The van der Waals surface area contributed by atoms with Gasteiger partial charge in [0.1, 0.15) is 11.6 Å². The number of rotatable bonds is 5. The molecule has 0 unspecified atom stereocenters. The number of fused-ring (bicyclic) bond motifs is 1. The molecule has 0 aromatic heterocycles. The van der Waals surface area contributed by atoms with Crippen molar-refractivity contribution in [2.45, 2.75) is 94.4 Å². The molecule has 5 atom stereocenters. The Balaban J connectivity index is 1.35. The summed E-state index contributed by atoms with van der Waals surface area (Å²) >= 11 is 0. The molecule has 1 aromatic carbocycles. The van der Waals surface area contributed by atoms with Gasteiger partial charge in [-0.3, -0.25) is 9.59 Å². The second-order valence-electron chi connectivity index (χ2n) is 11.1. The monoisotopic (exact) mass is 448 g/mol. The molecule has 0 radical (unpaired) electrons. The van der Waals surface area contributed by atoms with Gasteiger partial charge in [-0.25, -0.2) is 0 Å². The number of likely N-dealkylation sites (tertiary alicyclic amines) is 1. The first-order valence-electron chi connectivity index (χ1n) is 13.1. The Morgan fingerprint density at radius 1 is 1.06 bits per heavy atom. The second kappa shape index (κ2) is 8.26. The second-order valence-corrected chi connectivity index (χ2v) is 11.1. The van der Waals surface area contributed by atoms with E-state index in [0.29, 0.717) is 12.5 Å². The van der Waals surface area contributed by atoms with Gasteiger partial charge in [0.15, 0.2) is 0 Å². The van der Waals surface area contributed by atoms with Crippen molar-refractivity contribution >= 4 is 11.8 Å². The molecule has 4 fully saturated rings. The molecular weight excluding hydrogens is 412 g/mol. The van der Waals surface area contributed by atoms with Crippen molar-refractivity contribution in [3.05, 3.63) is 47.5 Å². The Labute approximate surface area is 196 Å². The lowest BCUT2D eigenvalue weighted by molar-refractivity contribution is -0.140. The van der Waals surface area contributed by atoms with Crippen LogP contribution in [0.25, 0.3) is 0 Å². The maximum absolute atomic E-state index is 14.1. The molecule has 33 heavy (non-hydrogen) atoms. The Kier molecular flexibility index (Phi) is 5.36. The summed E-state index contributed by atoms with van der Waals surface area (Å²) in [5.41, 5.74) is 1.51. The van der Waals surface area contributed by atoms with Crippen LogP contribution in [0.3, 0.4) is 0 Å². The first-order chi connectivity index (χ1) is 16.1. The summed E-state index contributed by atoms with van der Waals surface area (Å²) in [5, 5.41) is 3.31. The van der Waals surface area contributed by atoms with E-state index >= 15 is 0 Å². The van der Waals surface area contributed by atoms with Gasteiger partial charge >= 0.3 is 0 Å². The number of ether oxygens (including phenoxy) is 1. The average Bonchev–Trinajstić information content (AvgIpc) is 3.58. The van der Waals surface area contributed by atoms with Crippen molar-refractivity contribution in [1.82, 2.24) is 10.2 Å². The van der Waals surface area contributed by atoms with Gasteiger partial charge in [0.25, 0.3) is 0 Å². The smallest absolute Gasteiger partial charge is 0.246 e. The zero-order valence-corrected chi connectivity index (χ0v) is 19.7. The molecule has 3 heterocycles. The summed E-state index contributed by atoms with van der Waals surface area (Å²) in [5.74, 6) is 0.242. The number of aryl methyl sites for hydroxylation is 1. The lowest BCUT2D eigenvalue weighted by Crippen LogP contribution is -2.56. The highest BCUT2D eigenvalue weighted by Crippen LogP contribution is 2.58. The summed E-state index contributed by atoms with van der Waals surface area (Å²) in [7, 11) is 0. The van der Waals surface area contributed by atoms with Crippen LogP contribution in [0, 0.1) is 18.8 Å². The van der Waals surface area contributed by atoms with E-state index in [2.05, 4.69) is 48.7 Å². The summed E-state index contributed by atoms with van der Waals surface area (Å²) < 4.78 is 6.63. The molecule has 6 rings (SSSR count). The standard InChI is InChI=1S/C28H36N2O3/c1-18-11-13-20(14-12-18)23-22-15-16-28(33-22)24(23)27(32)30(17-19-7-3-2-4-8-19)25(28)26(31)29-21-9-5-6-10-21/h11-16,19,21-25H,2-10,17H2,1H3,(H,29,31)/t22-,23-,24+,25-,28+/m1/s1. The van der Waals surface area contributed by atoms with Gasteiger partial charge in [0.2, 0.25) is 11.8 Å². The summed E-state index contributed by atoms with van der Waals surface area (Å²) in [6.45, 7) is 2.76. The molecule has 176 valence electrons. The van der Waals surface area contributed by atoms with Gasteiger partial charge in [0.05, 0.1) is 12.0 Å². The largest absolute Gasteiger partial charge is 0.359 e. The molecule has 2 saturated carbocycles. The molecule has 5 heteroatoms. The number of carbonyl (C=O) groups is 2. The molecule has 2 aliphatic carbocycles. The number of hydrogen-bond donors (Lipinski definition) is 1. The quantitative estimate of drug-likeness (QED) is 0.685. The minimum atomic E-state index is -0.839. The normalized spacial score (nSPS) is 36.0. The Morgan fingerprint density at radius 3 is 2.48 bits per heavy atom. The van der Waals surface area contributed by atoms with Crippen LogP contribution in [0.5, 0.6) is 0 Å². The lowest BCUT2D eigenvalue weighted by Gasteiger charge is -2.35. The number of carbonyl (C=O) groups excluding carboxylic acids is 2. The van der Waals surface area contributed by atoms with Gasteiger partial charge in [-0.15, -0.1) is 0 Å². The predicted molar refractivity (Wildman–Crippen MR) is 127 cm³/mol. The summed E-state index contributed by atoms with van der Waals surface area (Å²) in [4.78, 5) is 29.8. The molecule has 2 amide bonds. The highest BCUT2D eigenvalue weighted by Gasteiger charge is 2.71. The molecule has 2 bridgehead atoms. The van der Waals surface area contributed by atoms with Crippen molar-refractivity contribution in [2.75, 3.05) is 6.54 Å². The Morgan fingerprint density at radius 2 is 1.76 bits per heavy atom. The fourth-order valence-electron chi connectivity index (χ4n) is 7.33. The topological polar surface area (TPSA) is 58.6 Å². The maximum Gasteiger partial charge on any atom is 0.246 e. The van der Waals surface area contributed by atoms with Crippen LogP contribution in [0.1, 0.15) is 74.8 Å². The van der Waals surface area contributed by atoms with E-state index < -0.39 is 11.6 Å². The Hall–Kier alpha value is -2.14. The van der Waals surface area contributed by atoms with E-state index in [4.69, 9.17) is 4.74 Å². The third-order valence-electron chi connectivity index (χ3n) is 8.97. The van der Waals surface area contributed by atoms with Crippen LogP contribution < -0.4 is 5.32 Å². The van der Waals surface area contributed by atoms with Crippen LogP contribution in [0.2, 0.25) is 0 Å². The van der Waals surface area contributed by atoms with Gasteiger partial charge < -0.3 is 15.0 Å². The first-order valence-corrected chi connectivity index (χ1v) is 13.1. The van der Waals surface area contributed by atoms with Crippen molar-refractivity contribution in [1.29, 1.82) is 0 Å². The molecule has 5 aliphatic rings. The molecular formula is C28H36N2O3. The van der Waals surface area contributed by atoms with E-state index in [0.717, 1.165) is 31.2 Å². The minimum Gasteiger partial charge on any atom is -0.359 e. The summed E-state index contributed by atoms with van der Waals surface area (Å²) in [6.07, 6.45) is 14.5. The Bertz CT molecular complexity index is 944. The number of nitrogens with one attached hydrogen (secondary N) is 1. The van der Waals surface area contributed by atoms with E-state index in [1.807, 2.05) is 4.90 Å². The van der Waals surface area contributed by atoms with Crippen LogP contribution in [0.15, 0.2) is 36.4 Å². The predicted octanol–water partition coefficient (Wildman–Crippen LogP) is 4.25. The molecule has 5 nitrogen and oxygen atoms in total. The van der Waals surface area contributed by atoms with E-state index in [-0.39, 0.29) is 35.8 Å². The third-order valence-corrected chi connectivity index (χ3v) is 8.97. The van der Waals surface area contributed by atoms with E-state index in [9.17, 15) is 9.59 Å². The van der Waals surface area contributed by atoms with Crippen molar-refractivity contribution < 1.29 is 14.3 Å². The fraction of sp³-hybridized carbons (Fsp3) is 0.643. The van der Waals surface area contributed by atoms with E-state index in [1.165, 1.54) is 37.7 Å². The molecule has 1 N–H and O–H groups in total. The zero-order valence-electron chi connectivity index (χ0n) is 19.7. The molecule has 1 aromatic rings. The van der Waals surface area contributed by atoms with E-state index in [1.54, 1.807) is 0 Å². The van der Waals surface area contributed by atoms with Crippen molar-refractivity contribution in [3.8, 4) is 0 Å². The SMILES string of the molecule is Cc1ccc([C@H]2[C@H]3C(=O)N(CC4CCCCC4)[C@H](C(=O)NC4CCCC4)[C@]34C=C[C@H]2O4)cc1. The van der Waals surface area contributed by atoms with Crippen LogP contribution >= 0.6 is 0 Å². The van der Waals surface area contributed by atoms with Crippen LogP contribution in [0.4, 0.5) is 0 Å². The minimum absolute atomic E-state index is 0.0107. The molecule has 3 aliphatic heterocycles. The number of hydrogen-bond acceptors (Lipinski definition) is 3. The fourth-order valence-corrected chi connectivity index (χ4v) is 7.33. The lowest BCUT2D eigenvalue weighted by atomic mass is 9.72. The molecule has 2 saturated heterocycles. The maximum atomic E-state index is 14.1. The highest BCUT2D eigenvalue weighted by molar-refractivity contribution is 5.97. The summed E-state index contributed by atoms with van der Waals surface area (Å²) in [6, 6.07) is 8.17.